The van der Waals surface area contributed by atoms with Crippen molar-refractivity contribution in [1.82, 2.24) is 0 Å². The van der Waals surface area contributed by atoms with Crippen LogP contribution in [-0.2, 0) is 0 Å². The van der Waals surface area contributed by atoms with Crippen LogP contribution in [0, 0.1) is 6.92 Å². The average Bonchev–Trinajstić information content (AvgIpc) is 2.30. The van der Waals surface area contributed by atoms with Gasteiger partial charge in [0.05, 0.1) is 9.90 Å². The third-order valence-electron chi connectivity index (χ3n) is 1.48. The van der Waals surface area contributed by atoms with E-state index >= 15 is 0 Å². The fourth-order valence-electron chi connectivity index (χ4n) is 0.783. The van der Waals surface area contributed by atoms with Crippen molar-refractivity contribution in [2.24, 2.45) is 0 Å². The maximum absolute atomic E-state index is 12.0. The quantitative estimate of drug-likeness (QED) is 0.785. The zero-order chi connectivity index (χ0) is 10.2. The third-order valence-corrected chi connectivity index (χ3v) is 3.25. The summed E-state index contributed by atoms with van der Waals surface area (Å²) >= 11 is 6.37. The van der Waals surface area contributed by atoms with Gasteiger partial charge >= 0.3 is 6.18 Å². The molecule has 0 bridgehead atoms. The molecular weight excluding hydrogens is 225 g/mol. The minimum absolute atomic E-state index is 0.00479. The minimum atomic E-state index is -4.65. The Balaban J connectivity index is 3.02. The van der Waals surface area contributed by atoms with Gasteiger partial charge in [0.25, 0.3) is 0 Å². The molecule has 1 atom stereocenters. The van der Waals surface area contributed by atoms with Gasteiger partial charge in [-0.3, -0.25) is 0 Å². The van der Waals surface area contributed by atoms with E-state index in [2.05, 4.69) is 0 Å². The summed E-state index contributed by atoms with van der Waals surface area (Å²) < 4.78 is 36.1. The molecule has 13 heavy (non-hydrogen) atoms. The van der Waals surface area contributed by atoms with Crippen LogP contribution in [0.5, 0.6) is 0 Å². The number of rotatable bonds is 1. The summed E-state index contributed by atoms with van der Waals surface area (Å²) in [5.41, 5.74) is 0.546. The molecular formula is C7H6ClF3OS. The summed E-state index contributed by atoms with van der Waals surface area (Å²) in [5.74, 6) is 0. The monoisotopic (exact) mass is 230 g/mol. The van der Waals surface area contributed by atoms with E-state index in [1.165, 1.54) is 5.38 Å². The fourth-order valence-corrected chi connectivity index (χ4v) is 2.09. The molecule has 1 heterocycles. The van der Waals surface area contributed by atoms with Crippen LogP contribution in [0.3, 0.4) is 0 Å². The summed E-state index contributed by atoms with van der Waals surface area (Å²) in [6, 6.07) is 0. The van der Waals surface area contributed by atoms with Gasteiger partial charge in [-0.1, -0.05) is 11.6 Å². The van der Waals surface area contributed by atoms with Crippen molar-refractivity contribution in [1.29, 1.82) is 0 Å². The number of hydrogen-bond acceptors (Lipinski definition) is 2. The Morgan fingerprint density at radius 2 is 2.08 bits per heavy atom. The second-order valence-corrected chi connectivity index (χ2v) is 3.83. The van der Waals surface area contributed by atoms with Gasteiger partial charge in [-0.05, 0) is 17.9 Å². The predicted molar refractivity (Wildman–Crippen MR) is 45.1 cm³/mol. The van der Waals surface area contributed by atoms with Gasteiger partial charge in [0.15, 0.2) is 6.10 Å². The maximum Gasteiger partial charge on any atom is 0.419 e. The number of halogens is 4. The number of hydrogen-bond donors (Lipinski definition) is 1. The molecule has 1 N–H and O–H groups in total. The van der Waals surface area contributed by atoms with Crippen LogP contribution < -0.4 is 0 Å². The minimum Gasteiger partial charge on any atom is -0.379 e. The van der Waals surface area contributed by atoms with E-state index in [0.717, 1.165) is 11.3 Å². The summed E-state index contributed by atoms with van der Waals surface area (Å²) in [5, 5.41) is 10.3. The highest BCUT2D eigenvalue weighted by molar-refractivity contribution is 7.10. The Kier molecular flexibility index (Phi) is 2.89. The van der Waals surface area contributed by atoms with Crippen molar-refractivity contribution in [3.63, 3.8) is 0 Å². The number of aryl methyl sites for hydroxylation is 1. The molecule has 0 unspecified atom stereocenters. The first kappa shape index (κ1) is 10.8. The van der Waals surface area contributed by atoms with Crippen LogP contribution in [-0.4, -0.2) is 11.3 Å². The maximum atomic E-state index is 12.0. The fraction of sp³-hybridized carbons (Fsp3) is 0.429. The Bertz CT molecular complexity index is 307. The number of thiophene rings is 1. The third kappa shape index (κ3) is 2.15. The lowest BCUT2D eigenvalue weighted by Crippen LogP contribution is -2.19. The number of aliphatic hydroxyl groups excluding tert-OH is 1. The normalized spacial score (nSPS) is 14.6. The van der Waals surface area contributed by atoms with Crippen LogP contribution in [0.4, 0.5) is 13.2 Å². The zero-order valence-corrected chi connectivity index (χ0v) is 8.09. The predicted octanol–water partition coefficient (Wildman–Crippen LogP) is 3.31. The highest BCUT2D eigenvalue weighted by atomic mass is 35.5. The van der Waals surface area contributed by atoms with Crippen molar-refractivity contribution >= 4 is 22.9 Å². The number of aliphatic hydroxyl groups is 1. The van der Waals surface area contributed by atoms with E-state index in [1.807, 2.05) is 0 Å². The standard InChI is InChI=1S/C7H6ClF3OS/c1-3-2-13-5(4(3)8)6(12)7(9,10)11/h2,6,12H,1H3/t6-/m1/s1. The molecule has 74 valence electrons. The smallest absolute Gasteiger partial charge is 0.379 e. The molecule has 0 saturated heterocycles. The molecule has 0 amide bonds. The molecule has 1 aromatic rings. The Morgan fingerprint density at radius 3 is 2.38 bits per heavy atom. The molecule has 0 saturated carbocycles. The largest absolute Gasteiger partial charge is 0.419 e. The summed E-state index contributed by atoms with van der Waals surface area (Å²) in [6.07, 6.45) is -7.13. The van der Waals surface area contributed by atoms with E-state index in [9.17, 15) is 13.2 Å². The lowest BCUT2D eigenvalue weighted by Gasteiger charge is -2.12. The van der Waals surface area contributed by atoms with Crippen molar-refractivity contribution in [3.8, 4) is 0 Å². The lowest BCUT2D eigenvalue weighted by atomic mass is 10.2. The average molecular weight is 231 g/mol. The lowest BCUT2D eigenvalue weighted by molar-refractivity contribution is -0.205. The molecule has 1 aromatic heterocycles. The molecule has 0 radical (unpaired) electrons. The summed E-state index contributed by atoms with van der Waals surface area (Å²) in [6.45, 7) is 1.59. The van der Waals surface area contributed by atoms with E-state index in [-0.39, 0.29) is 9.90 Å². The molecule has 0 fully saturated rings. The molecule has 0 spiro atoms. The molecule has 0 aliphatic heterocycles. The SMILES string of the molecule is Cc1csc([C@@H](O)C(F)(F)F)c1Cl. The Morgan fingerprint density at radius 1 is 1.54 bits per heavy atom. The second kappa shape index (κ2) is 3.48. The van der Waals surface area contributed by atoms with E-state index < -0.39 is 12.3 Å². The van der Waals surface area contributed by atoms with Crippen molar-refractivity contribution in [2.75, 3.05) is 0 Å². The van der Waals surface area contributed by atoms with Gasteiger partial charge in [-0.2, -0.15) is 13.2 Å². The van der Waals surface area contributed by atoms with Crippen LogP contribution >= 0.6 is 22.9 Å². The Hall–Kier alpha value is -0.260. The first-order chi connectivity index (χ1) is 5.84. The van der Waals surface area contributed by atoms with Crippen molar-refractivity contribution in [2.45, 2.75) is 19.2 Å². The van der Waals surface area contributed by atoms with Gasteiger partial charge in [-0.25, -0.2) is 0 Å². The highest BCUT2D eigenvalue weighted by Gasteiger charge is 2.41. The molecule has 0 aliphatic rings. The van der Waals surface area contributed by atoms with Gasteiger partial charge in [0.2, 0.25) is 0 Å². The van der Waals surface area contributed by atoms with Crippen LogP contribution in [0.15, 0.2) is 5.38 Å². The molecule has 6 heteroatoms. The van der Waals surface area contributed by atoms with E-state index in [4.69, 9.17) is 16.7 Å². The molecule has 0 aromatic carbocycles. The van der Waals surface area contributed by atoms with Crippen LogP contribution in [0.25, 0.3) is 0 Å². The van der Waals surface area contributed by atoms with Gasteiger partial charge < -0.3 is 5.11 Å². The van der Waals surface area contributed by atoms with Crippen molar-refractivity contribution in [3.05, 3.63) is 20.8 Å². The van der Waals surface area contributed by atoms with Gasteiger partial charge in [0.1, 0.15) is 0 Å². The van der Waals surface area contributed by atoms with Gasteiger partial charge in [0, 0.05) is 0 Å². The second-order valence-electron chi connectivity index (χ2n) is 2.54. The van der Waals surface area contributed by atoms with E-state index in [0.29, 0.717) is 5.56 Å². The first-order valence-corrected chi connectivity index (χ1v) is 4.58. The topological polar surface area (TPSA) is 20.2 Å². The zero-order valence-electron chi connectivity index (χ0n) is 6.52. The van der Waals surface area contributed by atoms with Crippen LogP contribution in [0.1, 0.15) is 16.5 Å². The first-order valence-electron chi connectivity index (χ1n) is 3.32. The highest BCUT2D eigenvalue weighted by Crippen LogP contribution is 2.40. The Labute approximate surface area is 81.8 Å². The molecule has 0 aliphatic carbocycles. The van der Waals surface area contributed by atoms with Crippen LogP contribution in [0.2, 0.25) is 5.02 Å². The van der Waals surface area contributed by atoms with Crippen molar-refractivity contribution < 1.29 is 18.3 Å². The summed E-state index contributed by atoms with van der Waals surface area (Å²) in [7, 11) is 0. The summed E-state index contributed by atoms with van der Waals surface area (Å²) in [4.78, 5) is -0.244. The molecule has 1 rings (SSSR count). The van der Waals surface area contributed by atoms with Gasteiger partial charge in [-0.15, -0.1) is 11.3 Å². The van der Waals surface area contributed by atoms with E-state index in [1.54, 1.807) is 6.92 Å². The molecule has 1 nitrogen and oxygen atoms in total. The number of alkyl halides is 3.